The summed E-state index contributed by atoms with van der Waals surface area (Å²) in [6.45, 7) is 4.42. The summed E-state index contributed by atoms with van der Waals surface area (Å²) in [5.41, 5.74) is 1.54. The van der Waals surface area contributed by atoms with Crippen molar-refractivity contribution < 1.29 is 9.26 Å². The Bertz CT molecular complexity index is 858. The summed E-state index contributed by atoms with van der Waals surface area (Å²) >= 11 is 0. The summed E-state index contributed by atoms with van der Waals surface area (Å²) in [5, 5.41) is 12.0. The molecule has 1 fully saturated rings. The maximum absolute atomic E-state index is 5.63. The third-order valence-electron chi connectivity index (χ3n) is 4.91. The van der Waals surface area contributed by atoms with Crippen LogP contribution in [0.1, 0.15) is 31.7 Å². The predicted octanol–water partition coefficient (Wildman–Crippen LogP) is 3.25. The molecule has 6 heteroatoms. The topological polar surface area (TPSA) is 73.9 Å². The molecular formula is C18H18N4O2. The highest BCUT2D eigenvalue weighted by Crippen LogP contribution is 2.67. The number of methoxy groups -OCH3 is 1. The summed E-state index contributed by atoms with van der Waals surface area (Å²) < 4.78 is 10.9. The third-order valence-corrected chi connectivity index (χ3v) is 4.91. The molecule has 6 nitrogen and oxygen atoms in total. The monoisotopic (exact) mass is 322 g/mol. The summed E-state index contributed by atoms with van der Waals surface area (Å²) in [4.78, 5) is 4.62. The van der Waals surface area contributed by atoms with E-state index in [0.29, 0.717) is 17.4 Å². The average Bonchev–Trinajstić information content (AvgIpc) is 2.98. The van der Waals surface area contributed by atoms with Crippen LogP contribution in [-0.4, -0.2) is 27.4 Å². The lowest BCUT2D eigenvalue weighted by Gasteiger charge is -2.17. The first kappa shape index (κ1) is 14.8. The van der Waals surface area contributed by atoms with Crippen LogP contribution in [0.4, 0.5) is 0 Å². The first-order valence-corrected chi connectivity index (χ1v) is 7.84. The van der Waals surface area contributed by atoms with Gasteiger partial charge in [0.25, 0.3) is 0 Å². The minimum atomic E-state index is -0.271. The number of aromatic nitrogens is 4. The van der Waals surface area contributed by atoms with Crippen molar-refractivity contribution in [3.63, 3.8) is 0 Å². The van der Waals surface area contributed by atoms with E-state index in [2.05, 4.69) is 46.3 Å². The molecule has 2 aromatic heterocycles. The second kappa shape index (κ2) is 5.12. The third kappa shape index (κ3) is 2.10. The van der Waals surface area contributed by atoms with Gasteiger partial charge in [-0.25, -0.2) is 0 Å². The van der Waals surface area contributed by atoms with Crippen molar-refractivity contribution in [2.75, 3.05) is 7.11 Å². The van der Waals surface area contributed by atoms with E-state index in [9.17, 15) is 0 Å². The fourth-order valence-electron chi connectivity index (χ4n) is 3.40. The van der Waals surface area contributed by atoms with Crippen molar-refractivity contribution in [3.8, 4) is 17.3 Å². The number of hydrogen-bond acceptors (Lipinski definition) is 6. The minimum Gasteiger partial charge on any atom is -0.497 e. The van der Waals surface area contributed by atoms with Crippen molar-refractivity contribution in [2.45, 2.75) is 25.7 Å². The SMILES string of the molecule is COc1ccc([C@]2(c3nc(-c4cccnn4)no3)CC2(C)C)cc1. The molecule has 4 rings (SSSR count). The Labute approximate surface area is 139 Å². The largest absolute Gasteiger partial charge is 0.497 e. The number of nitrogens with zero attached hydrogens (tertiary/aromatic N) is 4. The smallest absolute Gasteiger partial charge is 0.238 e. The molecule has 2 heterocycles. The highest BCUT2D eigenvalue weighted by atomic mass is 16.5. The Morgan fingerprint density at radius 1 is 1.12 bits per heavy atom. The van der Waals surface area contributed by atoms with E-state index in [1.165, 1.54) is 0 Å². The maximum atomic E-state index is 5.63. The molecule has 0 unspecified atom stereocenters. The molecule has 0 amide bonds. The van der Waals surface area contributed by atoms with Crippen LogP contribution in [-0.2, 0) is 5.41 Å². The maximum Gasteiger partial charge on any atom is 0.238 e. The van der Waals surface area contributed by atoms with Crippen LogP contribution in [0.25, 0.3) is 11.5 Å². The molecule has 0 radical (unpaired) electrons. The molecule has 1 aliphatic carbocycles. The summed E-state index contributed by atoms with van der Waals surface area (Å²) in [6.07, 6.45) is 2.57. The molecule has 0 spiro atoms. The Kier molecular flexibility index (Phi) is 3.16. The van der Waals surface area contributed by atoms with Crippen LogP contribution in [0.2, 0.25) is 0 Å². The van der Waals surface area contributed by atoms with Gasteiger partial charge < -0.3 is 9.26 Å². The van der Waals surface area contributed by atoms with E-state index in [4.69, 9.17) is 9.26 Å². The zero-order valence-corrected chi connectivity index (χ0v) is 13.9. The molecule has 3 aromatic rings. The molecule has 1 aromatic carbocycles. The van der Waals surface area contributed by atoms with Crippen molar-refractivity contribution >= 4 is 0 Å². The van der Waals surface area contributed by atoms with Gasteiger partial charge in [0, 0.05) is 6.20 Å². The number of hydrogen-bond donors (Lipinski definition) is 0. The van der Waals surface area contributed by atoms with Crippen LogP contribution in [0, 0.1) is 5.41 Å². The van der Waals surface area contributed by atoms with Crippen LogP contribution in [0.3, 0.4) is 0 Å². The molecule has 24 heavy (non-hydrogen) atoms. The van der Waals surface area contributed by atoms with E-state index in [1.54, 1.807) is 19.4 Å². The zero-order valence-electron chi connectivity index (χ0n) is 13.9. The number of benzene rings is 1. The van der Waals surface area contributed by atoms with Crippen LogP contribution in [0.15, 0.2) is 47.1 Å². The average molecular weight is 322 g/mol. The molecule has 0 aliphatic heterocycles. The van der Waals surface area contributed by atoms with Gasteiger partial charge >= 0.3 is 0 Å². The van der Waals surface area contributed by atoms with Gasteiger partial charge in [-0.1, -0.05) is 31.1 Å². The van der Waals surface area contributed by atoms with Gasteiger partial charge in [0.05, 0.1) is 12.5 Å². The van der Waals surface area contributed by atoms with E-state index in [1.807, 2.05) is 18.2 Å². The van der Waals surface area contributed by atoms with E-state index in [0.717, 1.165) is 17.7 Å². The van der Waals surface area contributed by atoms with Gasteiger partial charge in [0.1, 0.15) is 11.4 Å². The Morgan fingerprint density at radius 3 is 2.46 bits per heavy atom. The van der Waals surface area contributed by atoms with Crippen LogP contribution in [0.5, 0.6) is 5.75 Å². The van der Waals surface area contributed by atoms with Crippen molar-refractivity contribution in [1.29, 1.82) is 0 Å². The minimum absolute atomic E-state index is 0.0494. The van der Waals surface area contributed by atoms with Gasteiger partial charge in [-0.15, -0.1) is 5.10 Å². The van der Waals surface area contributed by atoms with Gasteiger partial charge in [0.15, 0.2) is 0 Å². The quantitative estimate of drug-likeness (QED) is 0.734. The predicted molar refractivity (Wildman–Crippen MR) is 87.5 cm³/mol. The second-order valence-corrected chi connectivity index (χ2v) is 6.73. The Morgan fingerprint density at radius 2 is 1.88 bits per heavy atom. The summed E-state index contributed by atoms with van der Waals surface area (Å²) in [5.74, 6) is 1.92. The second-order valence-electron chi connectivity index (χ2n) is 6.73. The van der Waals surface area contributed by atoms with Crippen LogP contribution >= 0.6 is 0 Å². The molecule has 0 N–H and O–H groups in total. The van der Waals surface area contributed by atoms with E-state index < -0.39 is 0 Å². The van der Waals surface area contributed by atoms with Gasteiger partial charge in [0.2, 0.25) is 11.7 Å². The van der Waals surface area contributed by atoms with E-state index >= 15 is 0 Å². The standard InChI is InChI=1S/C18H18N4O2/c1-17(2)11-18(17,12-6-8-13(23-3)9-7-12)16-20-15(22-24-16)14-5-4-10-19-21-14/h4-10H,11H2,1-3H3/t18-/m0/s1. The zero-order chi connectivity index (χ0) is 16.8. The number of ether oxygens (including phenoxy) is 1. The van der Waals surface area contributed by atoms with Gasteiger partial charge in [-0.2, -0.15) is 10.1 Å². The first-order chi connectivity index (χ1) is 11.6. The Hall–Kier alpha value is -2.76. The molecule has 1 aliphatic rings. The molecule has 0 saturated heterocycles. The summed E-state index contributed by atoms with van der Waals surface area (Å²) in [6, 6.07) is 11.7. The molecule has 122 valence electrons. The number of rotatable bonds is 4. The highest BCUT2D eigenvalue weighted by Gasteiger charge is 2.66. The molecule has 1 atom stereocenters. The van der Waals surface area contributed by atoms with Gasteiger partial charge in [-0.3, -0.25) is 0 Å². The first-order valence-electron chi connectivity index (χ1n) is 7.84. The fraction of sp³-hybridized carbons (Fsp3) is 0.333. The fourth-order valence-corrected chi connectivity index (χ4v) is 3.40. The van der Waals surface area contributed by atoms with E-state index in [-0.39, 0.29) is 10.8 Å². The van der Waals surface area contributed by atoms with Crippen molar-refractivity contribution in [2.24, 2.45) is 5.41 Å². The van der Waals surface area contributed by atoms with Crippen LogP contribution < -0.4 is 4.74 Å². The molecule has 0 bridgehead atoms. The molecule has 1 saturated carbocycles. The van der Waals surface area contributed by atoms with Crippen molar-refractivity contribution in [3.05, 3.63) is 54.0 Å². The lowest BCUT2D eigenvalue weighted by Crippen LogP contribution is -2.16. The highest BCUT2D eigenvalue weighted by molar-refractivity contribution is 5.50. The molecular weight excluding hydrogens is 304 g/mol. The lowest BCUT2D eigenvalue weighted by molar-refractivity contribution is 0.339. The normalized spacial score (nSPS) is 21.5. The Balaban J connectivity index is 1.76. The lowest BCUT2D eigenvalue weighted by atomic mass is 9.87. The van der Waals surface area contributed by atoms with Crippen molar-refractivity contribution in [1.82, 2.24) is 20.3 Å². The summed E-state index contributed by atoms with van der Waals surface area (Å²) in [7, 11) is 1.66. The van der Waals surface area contributed by atoms with Gasteiger partial charge in [-0.05, 0) is 41.7 Å².